The van der Waals surface area contributed by atoms with Crippen LogP contribution in [0.3, 0.4) is 0 Å². The summed E-state index contributed by atoms with van der Waals surface area (Å²) >= 11 is 14.4. The van der Waals surface area contributed by atoms with Crippen molar-refractivity contribution in [2.75, 3.05) is 24.0 Å². The summed E-state index contributed by atoms with van der Waals surface area (Å²) in [5.41, 5.74) is 0.219. The number of rotatable bonds is 7. The fourth-order valence-electron chi connectivity index (χ4n) is 8.97. The molecule has 3 fully saturated rings. The molecule has 2 saturated heterocycles. The summed E-state index contributed by atoms with van der Waals surface area (Å²) in [6.07, 6.45) is 4.43. The van der Waals surface area contributed by atoms with Gasteiger partial charge in [0.2, 0.25) is 17.6 Å². The molecule has 1 N–H and O–H groups in total. The van der Waals surface area contributed by atoms with E-state index in [-0.39, 0.29) is 33.7 Å². The lowest BCUT2D eigenvalue weighted by Crippen LogP contribution is -2.60. The van der Waals surface area contributed by atoms with E-state index in [0.29, 0.717) is 17.1 Å². The molecule has 0 spiro atoms. The Kier molecular flexibility index (Phi) is 9.66. The Hall–Kier alpha value is -5.73. The van der Waals surface area contributed by atoms with Gasteiger partial charge in [-0.05, 0) is 67.1 Å². The van der Waals surface area contributed by atoms with Gasteiger partial charge < -0.3 is 14.6 Å². The van der Waals surface area contributed by atoms with Crippen LogP contribution in [-0.4, -0.2) is 52.7 Å². The third-order valence-corrected chi connectivity index (χ3v) is 13.3. The van der Waals surface area contributed by atoms with Crippen molar-refractivity contribution >= 4 is 70.4 Å². The van der Waals surface area contributed by atoms with E-state index in [1.54, 1.807) is 60.7 Å². The number of allylic oxidation sites excluding steroid dienone is 2. The molecule has 0 unspecified atom stereocenters. The van der Waals surface area contributed by atoms with E-state index in [0.717, 1.165) is 10.5 Å². The lowest BCUT2D eigenvalue weighted by molar-refractivity contribution is -0.125. The van der Waals surface area contributed by atoms with Gasteiger partial charge in [0.15, 0.2) is 33.0 Å². The number of imide groups is 2. The van der Waals surface area contributed by atoms with Crippen LogP contribution in [0.5, 0.6) is 17.2 Å². The number of para-hydroxylation sites is 1. The Morgan fingerprint density at radius 2 is 1.44 bits per heavy atom. The van der Waals surface area contributed by atoms with Crippen LogP contribution < -0.4 is 19.3 Å². The Morgan fingerprint density at radius 1 is 0.780 bits per heavy atom. The van der Waals surface area contributed by atoms with Crippen LogP contribution in [0.1, 0.15) is 41.0 Å². The van der Waals surface area contributed by atoms with Crippen LogP contribution in [0, 0.1) is 53.8 Å². The first-order valence-corrected chi connectivity index (χ1v) is 18.9. The number of carbonyl (C=O) groups is 4. The number of alkyl halides is 2. The predicted molar refractivity (Wildman–Crippen MR) is 207 cm³/mol. The second-order valence-corrected chi connectivity index (χ2v) is 16.0. The van der Waals surface area contributed by atoms with E-state index >= 15 is 8.78 Å². The van der Waals surface area contributed by atoms with Crippen LogP contribution in [0.2, 0.25) is 0 Å². The number of benzene rings is 4. The number of methoxy groups -OCH3 is 2. The third-order valence-electron chi connectivity index (χ3n) is 11.8. The number of halogens is 7. The number of hydrogen-bond donors (Lipinski definition) is 1. The second kappa shape index (κ2) is 14.2. The van der Waals surface area contributed by atoms with Crippen LogP contribution in [0.15, 0.2) is 72.3 Å². The molecule has 2 aliphatic heterocycles. The molecule has 4 aliphatic rings. The highest BCUT2D eigenvalue weighted by Crippen LogP contribution is 2.67. The number of carbonyl (C=O) groups excluding carboxylic acids is 4. The minimum atomic E-state index is -2.75. The van der Waals surface area contributed by atoms with E-state index in [9.17, 15) is 37.5 Å². The first kappa shape index (κ1) is 40.1. The van der Waals surface area contributed by atoms with Crippen molar-refractivity contribution in [2.45, 2.75) is 35.4 Å². The maximum absolute atomic E-state index is 15.3. The molecule has 6 atom stereocenters. The molecule has 4 aromatic rings. The van der Waals surface area contributed by atoms with Crippen molar-refractivity contribution in [3.8, 4) is 17.2 Å². The zero-order valence-electron chi connectivity index (χ0n) is 31.2. The summed E-state index contributed by atoms with van der Waals surface area (Å²) in [7, 11) is 3.08. The van der Waals surface area contributed by atoms with Gasteiger partial charge in [-0.3, -0.25) is 24.1 Å². The highest BCUT2D eigenvalue weighted by molar-refractivity contribution is 6.58. The SMILES string of the molecule is COc1ccc(OC)c(C=Cc2ccc(N3C(=O)[C@H]4[C@H](CC=C5[C@H]4C[C@@]4(Cl)C(=O)N(c6c(F)c(F)c(F)c(F)c6F)C(=O)[C@@]4(Cl)[C@H]5c4cccc(C)c4O)C3=O)cc2)c1. The Morgan fingerprint density at radius 3 is 2.08 bits per heavy atom. The van der Waals surface area contributed by atoms with Gasteiger partial charge in [-0.15, -0.1) is 23.2 Å². The molecule has 8 rings (SSSR count). The van der Waals surface area contributed by atoms with Crippen LogP contribution >= 0.6 is 23.2 Å². The van der Waals surface area contributed by atoms with Crippen molar-refractivity contribution in [3.05, 3.63) is 124 Å². The summed E-state index contributed by atoms with van der Waals surface area (Å²) in [6, 6.07) is 16.2. The van der Waals surface area contributed by atoms with Gasteiger partial charge in [0.1, 0.15) is 22.9 Å². The highest BCUT2D eigenvalue weighted by atomic mass is 35.5. The van der Waals surface area contributed by atoms with E-state index in [1.165, 1.54) is 39.3 Å². The number of aromatic hydroxyl groups is 1. The lowest BCUT2D eigenvalue weighted by atomic mass is 9.56. The molecule has 0 bridgehead atoms. The van der Waals surface area contributed by atoms with E-state index < -0.39 is 104 Å². The summed E-state index contributed by atoms with van der Waals surface area (Å²) in [5, 5.41) is 11.4. The maximum atomic E-state index is 15.3. The number of phenolic OH excluding ortho intramolecular Hbond substituents is 1. The van der Waals surface area contributed by atoms with E-state index in [4.69, 9.17) is 32.7 Å². The van der Waals surface area contributed by atoms with Crippen LogP contribution in [0.25, 0.3) is 12.2 Å². The van der Waals surface area contributed by atoms with Gasteiger partial charge in [0, 0.05) is 17.0 Å². The van der Waals surface area contributed by atoms with Crippen LogP contribution in [0.4, 0.5) is 33.3 Å². The number of amides is 4. The fourth-order valence-corrected chi connectivity index (χ4v) is 9.90. The van der Waals surface area contributed by atoms with Gasteiger partial charge in [0.25, 0.3) is 11.8 Å². The number of phenols is 1. The Bertz CT molecular complexity index is 2560. The molecule has 9 nitrogen and oxygen atoms in total. The van der Waals surface area contributed by atoms with Crippen molar-refractivity contribution in [3.63, 3.8) is 0 Å². The van der Waals surface area contributed by atoms with Crippen molar-refractivity contribution < 1.29 is 55.7 Å². The smallest absolute Gasteiger partial charge is 0.258 e. The number of ether oxygens (including phenoxy) is 2. The number of fused-ring (bicyclic) bond motifs is 4. The quantitative estimate of drug-likeness (QED) is 0.0379. The lowest BCUT2D eigenvalue weighted by Gasteiger charge is -2.50. The van der Waals surface area contributed by atoms with Gasteiger partial charge in [-0.2, -0.15) is 0 Å². The summed E-state index contributed by atoms with van der Waals surface area (Å²) in [4.78, 5) is 52.9. The van der Waals surface area contributed by atoms with Gasteiger partial charge in [-0.25, -0.2) is 26.9 Å². The molecule has 4 aromatic carbocycles. The molecular formula is C43H31Cl2F5N2O7. The molecule has 2 aliphatic carbocycles. The average Bonchev–Trinajstić information content (AvgIpc) is 3.57. The molecule has 4 amide bonds. The minimum Gasteiger partial charge on any atom is -0.507 e. The number of aryl methyl sites for hydroxylation is 1. The van der Waals surface area contributed by atoms with Gasteiger partial charge in [-0.1, -0.05) is 54.1 Å². The first-order chi connectivity index (χ1) is 28.0. The molecule has 16 heteroatoms. The molecule has 0 aromatic heterocycles. The Balaban J connectivity index is 1.19. The average molecular weight is 854 g/mol. The van der Waals surface area contributed by atoms with Crippen LogP contribution in [-0.2, 0) is 19.2 Å². The van der Waals surface area contributed by atoms with Gasteiger partial charge in [0.05, 0.1) is 31.7 Å². The van der Waals surface area contributed by atoms with Crippen molar-refractivity contribution in [2.24, 2.45) is 17.8 Å². The highest BCUT2D eigenvalue weighted by Gasteiger charge is 2.77. The third kappa shape index (κ3) is 5.62. The summed E-state index contributed by atoms with van der Waals surface area (Å²) in [6.45, 7) is 1.52. The molecule has 304 valence electrons. The normalized spacial score (nSPS) is 26.3. The van der Waals surface area contributed by atoms with Crippen molar-refractivity contribution in [1.29, 1.82) is 0 Å². The predicted octanol–water partition coefficient (Wildman–Crippen LogP) is 8.35. The van der Waals surface area contributed by atoms with E-state index in [2.05, 4.69) is 0 Å². The maximum Gasteiger partial charge on any atom is 0.258 e. The fraction of sp³-hybridized carbons (Fsp3) is 0.256. The first-order valence-electron chi connectivity index (χ1n) is 18.2. The largest absolute Gasteiger partial charge is 0.507 e. The second-order valence-electron chi connectivity index (χ2n) is 14.8. The zero-order chi connectivity index (χ0) is 42.5. The number of nitrogens with zero attached hydrogens (tertiary/aromatic N) is 2. The molecular weight excluding hydrogens is 822 g/mol. The van der Waals surface area contributed by atoms with Gasteiger partial charge >= 0.3 is 0 Å². The standard InChI is InChI=1S/C43H31Cl2F5N2O7/c1-19-5-4-6-26(37(19)53)30-24-14-15-25-29(27(24)18-42(44)40(56)52(41(57)43(30,42)45)36-34(49)32(47)31(46)33(48)35(36)50)39(55)51(38(25)54)22-11-8-20(9-12-22)7-10-21-17-23(58-2)13-16-28(21)59-3/h4-14,16-17,25,27,29-30,53H,15,18H2,1-3H3/t25-,27+,29-,30+,42+,43-/m0/s1. The molecule has 1 saturated carbocycles. The molecule has 59 heavy (non-hydrogen) atoms. The topological polar surface area (TPSA) is 113 Å². The number of hydrogen-bond acceptors (Lipinski definition) is 7. The Labute approximate surface area is 343 Å². The van der Waals surface area contributed by atoms with E-state index in [1.807, 2.05) is 0 Å². The summed E-state index contributed by atoms with van der Waals surface area (Å²) < 4.78 is 84.6. The number of anilines is 2. The summed E-state index contributed by atoms with van der Waals surface area (Å²) in [5.74, 6) is -21.0. The minimum absolute atomic E-state index is 0.0599. The molecule has 0 radical (unpaired) electrons. The zero-order valence-corrected chi connectivity index (χ0v) is 32.7. The molecule has 2 heterocycles. The van der Waals surface area contributed by atoms with Crippen molar-refractivity contribution in [1.82, 2.24) is 0 Å². The monoisotopic (exact) mass is 852 g/mol.